The van der Waals surface area contributed by atoms with Gasteiger partial charge >= 0.3 is 0 Å². The van der Waals surface area contributed by atoms with E-state index in [1.807, 2.05) is 0 Å². The molecule has 0 aliphatic carbocycles. The van der Waals surface area contributed by atoms with Crippen LogP contribution in [0.4, 0.5) is 0 Å². The minimum absolute atomic E-state index is 0.0891. The maximum atomic E-state index is 10.5. The van der Waals surface area contributed by atoms with Gasteiger partial charge in [-0.25, -0.2) is 8.42 Å². The molecule has 1 rings (SSSR count). The number of sulfonamides is 1. The van der Waals surface area contributed by atoms with Gasteiger partial charge in [-0.2, -0.15) is 0 Å². The SMILES string of the molecule is CS(=O)(=O)[N-]Cc1ccco1. The number of hydrogen-bond donors (Lipinski definition) is 0. The Hall–Kier alpha value is -0.810. The second-order valence-electron chi connectivity index (χ2n) is 2.10. The summed E-state index contributed by atoms with van der Waals surface area (Å²) in [5.74, 6) is 0.551. The Balaban J connectivity index is 2.48. The van der Waals surface area contributed by atoms with Gasteiger partial charge in [0.05, 0.1) is 22.0 Å². The lowest BCUT2D eigenvalue weighted by Gasteiger charge is -2.13. The summed E-state index contributed by atoms with van der Waals surface area (Å²) in [7, 11) is -3.24. The van der Waals surface area contributed by atoms with Crippen LogP contribution in [0.5, 0.6) is 0 Å². The summed E-state index contributed by atoms with van der Waals surface area (Å²) < 4.78 is 29.3. The van der Waals surface area contributed by atoms with Crippen molar-refractivity contribution in [1.82, 2.24) is 0 Å². The highest BCUT2D eigenvalue weighted by molar-refractivity contribution is 7.93. The van der Waals surface area contributed by atoms with Crippen molar-refractivity contribution in [3.63, 3.8) is 0 Å². The molecule has 0 fully saturated rings. The van der Waals surface area contributed by atoms with Crippen LogP contribution < -0.4 is 0 Å². The summed E-state index contributed by atoms with van der Waals surface area (Å²) in [6.45, 7) is 0.0891. The molecule has 1 heterocycles. The van der Waals surface area contributed by atoms with E-state index in [9.17, 15) is 8.42 Å². The van der Waals surface area contributed by atoms with Crippen molar-refractivity contribution in [2.45, 2.75) is 6.54 Å². The Morgan fingerprint density at radius 1 is 1.64 bits per heavy atom. The molecule has 11 heavy (non-hydrogen) atoms. The van der Waals surface area contributed by atoms with Crippen molar-refractivity contribution in [1.29, 1.82) is 0 Å². The maximum Gasteiger partial charge on any atom is 0.0905 e. The van der Waals surface area contributed by atoms with Crippen molar-refractivity contribution in [3.8, 4) is 0 Å². The quantitative estimate of drug-likeness (QED) is 0.689. The van der Waals surface area contributed by atoms with E-state index in [0.717, 1.165) is 6.26 Å². The van der Waals surface area contributed by atoms with E-state index in [4.69, 9.17) is 4.42 Å². The smallest absolute Gasteiger partial charge is 0.0905 e. The third kappa shape index (κ3) is 3.20. The first-order chi connectivity index (χ1) is 5.08. The molecule has 0 amide bonds. The molecule has 0 aliphatic heterocycles. The Bertz CT molecular complexity index is 301. The lowest BCUT2D eigenvalue weighted by Crippen LogP contribution is -1.94. The van der Waals surface area contributed by atoms with E-state index in [1.165, 1.54) is 6.26 Å². The third-order valence-corrected chi connectivity index (χ3v) is 1.63. The van der Waals surface area contributed by atoms with E-state index >= 15 is 0 Å². The van der Waals surface area contributed by atoms with Crippen LogP contribution in [0.3, 0.4) is 0 Å². The normalized spacial score (nSPS) is 11.7. The van der Waals surface area contributed by atoms with Gasteiger partial charge in [0.25, 0.3) is 0 Å². The van der Waals surface area contributed by atoms with Gasteiger partial charge in [0, 0.05) is 6.26 Å². The molecule has 0 bridgehead atoms. The van der Waals surface area contributed by atoms with Gasteiger partial charge in [0.15, 0.2) is 0 Å². The largest absolute Gasteiger partial charge is 0.543 e. The van der Waals surface area contributed by atoms with E-state index in [0.29, 0.717) is 5.76 Å². The predicted octanol–water partition coefficient (Wildman–Crippen LogP) is 1.11. The van der Waals surface area contributed by atoms with Crippen LogP contribution in [0.1, 0.15) is 5.76 Å². The minimum atomic E-state index is -3.24. The number of nitrogens with zero attached hydrogens (tertiary/aromatic N) is 1. The molecule has 4 nitrogen and oxygen atoms in total. The van der Waals surface area contributed by atoms with Crippen LogP contribution in [0.15, 0.2) is 22.8 Å². The second-order valence-corrected chi connectivity index (χ2v) is 3.82. The topological polar surface area (TPSA) is 61.4 Å². The first-order valence-electron chi connectivity index (χ1n) is 2.99. The fourth-order valence-corrected chi connectivity index (χ4v) is 0.945. The molecule has 0 saturated heterocycles. The molecule has 0 aromatic carbocycles. The zero-order valence-electron chi connectivity index (χ0n) is 6.02. The monoisotopic (exact) mass is 174 g/mol. The van der Waals surface area contributed by atoms with Crippen LogP contribution in [0, 0.1) is 0 Å². The second kappa shape index (κ2) is 3.06. The van der Waals surface area contributed by atoms with Crippen molar-refractivity contribution in [3.05, 3.63) is 28.9 Å². The molecular formula is C6H8NO3S-. The van der Waals surface area contributed by atoms with E-state index < -0.39 is 10.0 Å². The van der Waals surface area contributed by atoms with Crippen LogP contribution >= 0.6 is 0 Å². The van der Waals surface area contributed by atoms with Crippen molar-refractivity contribution in [2.24, 2.45) is 0 Å². The first-order valence-corrected chi connectivity index (χ1v) is 4.84. The molecule has 0 N–H and O–H groups in total. The van der Waals surface area contributed by atoms with Gasteiger partial charge in [-0.1, -0.05) is 6.54 Å². The highest BCUT2D eigenvalue weighted by atomic mass is 32.2. The fourth-order valence-electron chi connectivity index (χ4n) is 0.583. The van der Waals surface area contributed by atoms with Gasteiger partial charge in [0.2, 0.25) is 0 Å². The summed E-state index contributed by atoms with van der Waals surface area (Å²) in [6.07, 6.45) is 2.53. The molecule has 0 radical (unpaired) electrons. The molecule has 0 unspecified atom stereocenters. The number of hydrogen-bond acceptors (Lipinski definition) is 3. The summed E-state index contributed by atoms with van der Waals surface area (Å²) >= 11 is 0. The average molecular weight is 174 g/mol. The first kappa shape index (κ1) is 8.29. The Morgan fingerprint density at radius 2 is 2.36 bits per heavy atom. The Kier molecular flexibility index (Phi) is 2.31. The minimum Gasteiger partial charge on any atom is -0.543 e. The average Bonchev–Trinajstić information content (AvgIpc) is 2.32. The van der Waals surface area contributed by atoms with Crippen molar-refractivity contribution < 1.29 is 12.8 Å². The molecule has 0 atom stereocenters. The van der Waals surface area contributed by atoms with Gasteiger partial charge in [-0.3, -0.25) is 0 Å². The highest BCUT2D eigenvalue weighted by Gasteiger charge is 1.89. The van der Waals surface area contributed by atoms with Crippen LogP contribution in [0.2, 0.25) is 0 Å². The molecule has 1 aromatic rings. The van der Waals surface area contributed by atoms with Crippen molar-refractivity contribution in [2.75, 3.05) is 6.26 Å². The van der Waals surface area contributed by atoms with Crippen LogP contribution in [-0.4, -0.2) is 14.7 Å². The Morgan fingerprint density at radius 3 is 2.82 bits per heavy atom. The number of furan rings is 1. The summed E-state index contributed by atoms with van der Waals surface area (Å²) in [5.41, 5.74) is 0. The lowest BCUT2D eigenvalue weighted by molar-refractivity contribution is 0.520. The number of rotatable bonds is 3. The van der Waals surface area contributed by atoms with Crippen LogP contribution in [-0.2, 0) is 16.6 Å². The highest BCUT2D eigenvalue weighted by Crippen LogP contribution is 2.08. The van der Waals surface area contributed by atoms with Gasteiger partial charge in [-0.05, 0) is 12.1 Å². The molecule has 0 aliphatic rings. The molecule has 62 valence electrons. The molecule has 0 saturated carbocycles. The van der Waals surface area contributed by atoms with Gasteiger partial charge in [-0.15, -0.1) is 0 Å². The van der Waals surface area contributed by atoms with Crippen LogP contribution in [0.25, 0.3) is 4.72 Å². The molecule has 1 aromatic heterocycles. The fraction of sp³-hybridized carbons (Fsp3) is 0.333. The lowest BCUT2D eigenvalue weighted by atomic mass is 10.5. The van der Waals surface area contributed by atoms with Gasteiger partial charge in [0.1, 0.15) is 0 Å². The molecule has 0 spiro atoms. The molecule has 5 heteroatoms. The molecular weight excluding hydrogens is 166 g/mol. The maximum absolute atomic E-state index is 10.5. The summed E-state index contributed by atoms with van der Waals surface area (Å²) in [4.78, 5) is 0. The standard InChI is InChI=1S/C6H8NO3S/c1-11(8,9)7-5-6-3-2-4-10-6/h2-4H,5H2,1H3/q-1. The zero-order valence-corrected chi connectivity index (χ0v) is 6.84. The van der Waals surface area contributed by atoms with E-state index in [2.05, 4.69) is 4.72 Å². The van der Waals surface area contributed by atoms with Gasteiger partial charge < -0.3 is 9.14 Å². The summed E-state index contributed by atoms with van der Waals surface area (Å²) in [6, 6.07) is 3.36. The zero-order chi connectivity index (χ0) is 8.32. The van der Waals surface area contributed by atoms with Crippen molar-refractivity contribution >= 4 is 10.0 Å². The predicted molar refractivity (Wildman–Crippen MR) is 40.6 cm³/mol. The van der Waals surface area contributed by atoms with E-state index in [-0.39, 0.29) is 6.54 Å². The van der Waals surface area contributed by atoms with E-state index in [1.54, 1.807) is 12.1 Å². The summed E-state index contributed by atoms with van der Waals surface area (Å²) in [5, 5.41) is 0. The third-order valence-electron chi connectivity index (χ3n) is 1.03. The Labute approximate surface area is 65.3 Å².